The maximum atomic E-state index is 2.32. The predicted molar refractivity (Wildman–Crippen MR) is 135 cm³/mol. The molecule has 0 aliphatic heterocycles. The quantitative estimate of drug-likeness (QED) is 0.208. The molecule has 0 fully saturated rings. The summed E-state index contributed by atoms with van der Waals surface area (Å²) < 4.78 is 1.46. The van der Waals surface area contributed by atoms with Crippen molar-refractivity contribution in [2.45, 2.75) is 6.42 Å². The molecule has 0 unspecified atom stereocenters. The first kappa shape index (κ1) is 26.2. The Bertz CT molecular complexity index is 1400. The van der Waals surface area contributed by atoms with E-state index in [4.69, 9.17) is 0 Å². The number of hydrogen-bond acceptors (Lipinski definition) is 0. The molecule has 1 aliphatic rings. The number of rotatable bonds is 3. The summed E-state index contributed by atoms with van der Waals surface area (Å²) >= 11 is 1.08. The van der Waals surface area contributed by atoms with E-state index in [-0.39, 0.29) is 24.8 Å². The van der Waals surface area contributed by atoms with Gasteiger partial charge in [0.1, 0.15) is 0 Å². The van der Waals surface area contributed by atoms with Gasteiger partial charge in [0.15, 0.2) is 0 Å². The van der Waals surface area contributed by atoms with Crippen LogP contribution in [0.25, 0.3) is 27.1 Å². The van der Waals surface area contributed by atoms with Crippen molar-refractivity contribution in [3.8, 4) is 0 Å². The first-order valence-corrected chi connectivity index (χ1v) is 12.7. The van der Waals surface area contributed by atoms with Crippen LogP contribution < -0.4 is 24.8 Å². The molecule has 5 aromatic carbocycles. The summed E-state index contributed by atoms with van der Waals surface area (Å²) in [5.74, 6) is 0. The van der Waals surface area contributed by atoms with Crippen molar-refractivity contribution in [1.29, 1.82) is 0 Å². The molecule has 0 heterocycles. The summed E-state index contributed by atoms with van der Waals surface area (Å²) in [6.07, 6.45) is 7.65. The van der Waals surface area contributed by atoms with Gasteiger partial charge in [0.05, 0.1) is 0 Å². The zero-order valence-corrected chi connectivity index (χ0v) is 23.7. The third-order valence-electron chi connectivity index (χ3n) is 5.90. The van der Waals surface area contributed by atoms with E-state index < -0.39 is 0 Å². The average molecular weight is 645 g/mol. The Morgan fingerprint density at radius 3 is 1.85 bits per heavy atom. The van der Waals surface area contributed by atoms with Gasteiger partial charge in [0.2, 0.25) is 0 Å². The van der Waals surface area contributed by atoms with Gasteiger partial charge in [-0.05, 0) is 6.42 Å². The molecule has 0 spiro atoms. The number of halogens is 2. The van der Waals surface area contributed by atoms with Crippen molar-refractivity contribution >= 4 is 30.4 Å². The summed E-state index contributed by atoms with van der Waals surface area (Å²) in [4.78, 5) is 0. The minimum absolute atomic E-state index is 0. The second-order valence-electron chi connectivity index (χ2n) is 7.93. The Hall–Kier alpha value is -2.45. The van der Waals surface area contributed by atoms with Gasteiger partial charge in [-0.25, -0.2) is 0 Å². The first-order valence-electron chi connectivity index (χ1n) is 10.9. The van der Waals surface area contributed by atoms with E-state index in [1.807, 2.05) is 0 Å². The number of benzene rings is 4. The molecule has 3 heteroatoms. The van der Waals surface area contributed by atoms with Crippen LogP contribution in [0.1, 0.15) is 23.1 Å². The van der Waals surface area contributed by atoms with Crippen molar-refractivity contribution in [2.75, 3.05) is 0 Å². The molecule has 0 aromatic heterocycles. The van der Waals surface area contributed by atoms with Gasteiger partial charge in [-0.3, -0.25) is 0 Å². The third-order valence-corrected chi connectivity index (χ3v) is 7.97. The minimum atomic E-state index is 0. The van der Waals surface area contributed by atoms with Crippen LogP contribution in [0, 0.1) is 0 Å². The van der Waals surface area contributed by atoms with Gasteiger partial charge < -0.3 is 24.8 Å². The molecule has 0 saturated carbocycles. The Morgan fingerprint density at radius 2 is 1.24 bits per heavy atom. The van der Waals surface area contributed by atoms with E-state index in [1.54, 1.807) is 0 Å². The summed E-state index contributed by atoms with van der Waals surface area (Å²) in [5.41, 5.74) is 5.51. The van der Waals surface area contributed by atoms with E-state index >= 15 is 0 Å². The molecule has 1 aliphatic carbocycles. The fraction of sp³-hybridized carbons (Fsp3) is 0.0323. The van der Waals surface area contributed by atoms with Crippen LogP contribution in [0.5, 0.6) is 0 Å². The second kappa shape index (κ2) is 12.3. The normalized spacial score (nSPS) is 11.8. The van der Waals surface area contributed by atoms with Gasteiger partial charge in [-0.15, -0.1) is 33.7 Å². The molecule has 34 heavy (non-hydrogen) atoms. The van der Waals surface area contributed by atoms with Crippen LogP contribution in [-0.4, -0.2) is 3.26 Å². The van der Waals surface area contributed by atoms with Gasteiger partial charge in [-0.2, -0.15) is 0 Å². The Kier molecular flexibility index (Phi) is 9.47. The average Bonchev–Trinajstić information content (AvgIpc) is 3.53. The fourth-order valence-electron chi connectivity index (χ4n) is 4.28. The van der Waals surface area contributed by atoms with E-state index in [1.165, 1.54) is 47.1 Å². The molecular weight excluding hydrogens is 622 g/mol. The van der Waals surface area contributed by atoms with Crippen LogP contribution in [0.15, 0.2) is 127 Å². The Labute approximate surface area is 228 Å². The van der Waals surface area contributed by atoms with Crippen molar-refractivity contribution < 1.29 is 48.7 Å². The molecule has 166 valence electrons. The van der Waals surface area contributed by atoms with Gasteiger partial charge in [0, 0.05) is 0 Å². The molecule has 0 atom stereocenters. The van der Waals surface area contributed by atoms with Crippen molar-refractivity contribution in [1.82, 2.24) is 0 Å². The Morgan fingerprint density at radius 1 is 0.647 bits per heavy atom. The maximum absolute atomic E-state index is 2.32. The molecule has 0 amide bonds. The first-order chi connectivity index (χ1) is 15.8. The molecule has 0 N–H and O–H groups in total. The van der Waals surface area contributed by atoms with Crippen LogP contribution in [0.3, 0.4) is 0 Å². The van der Waals surface area contributed by atoms with Crippen molar-refractivity contribution in [3.05, 3.63) is 144 Å². The SMILES string of the molecule is C1=CCC(c2cccc3c2[cH-]c2ccccc23)=C1.[Cl-].[Cl-].[Hf+2]=[C](c1ccccc1)c1ccccc1. The van der Waals surface area contributed by atoms with Gasteiger partial charge in [-0.1, -0.05) is 65.8 Å². The van der Waals surface area contributed by atoms with Crippen molar-refractivity contribution in [3.63, 3.8) is 0 Å². The second-order valence-corrected chi connectivity index (χ2v) is 9.73. The summed E-state index contributed by atoms with van der Waals surface area (Å²) in [5, 5.41) is 5.46. The molecular formula is C31H23Cl2Hf-. The van der Waals surface area contributed by atoms with Gasteiger partial charge in [0.25, 0.3) is 0 Å². The van der Waals surface area contributed by atoms with E-state index in [0.717, 1.165) is 30.3 Å². The van der Waals surface area contributed by atoms with Crippen molar-refractivity contribution in [2.24, 2.45) is 0 Å². The van der Waals surface area contributed by atoms with Crippen LogP contribution >= 0.6 is 0 Å². The third kappa shape index (κ3) is 5.61. The topological polar surface area (TPSA) is 0 Å². The fourth-order valence-corrected chi connectivity index (χ4v) is 5.48. The van der Waals surface area contributed by atoms with E-state index in [2.05, 4.69) is 127 Å². The zero-order valence-electron chi connectivity index (χ0n) is 18.6. The van der Waals surface area contributed by atoms with E-state index in [9.17, 15) is 0 Å². The standard InChI is InChI=1S/C18H13.C13H10.2ClH.Hf/c1-2-7-13(6-1)15-10-5-11-17-16-9-4-3-8-14(16)12-18(15)17;1-3-7-12(8-4-1)11-13-9-5-2-6-10-13;;;/h1-6,8-12H,7H2;1-10H;2*1H;/q-1;;;;+2/p-2. The monoisotopic (exact) mass is 645 g/mol. The molecule has 0 saturated heterocycles. The van der Waals surface area contributed by atoms with Crippen LogP contribution in [0.4, 0.5) is 0 Å². The number of hydrogen-bond donors (Lipinski definition) is 0. The Balaban J connectivity index is 0.000000186. The summed E-state index contributed by atoms with van der Waals surface area (Å²) in [7, 11) is 0. The number of fused-ring (bicyclic) bond motifs is 3. The van der Waals surface area contributed by atoms with Crippen LogP contribution in [0.2, 0.25) is 0 Å². The molecule has 0 bridgehead atoms. The zero-order chi connectivity index (χ0) is 21.8. The van der Waals surface area contributed by atoms with E-state index in [0.29, 0.717) is 0 Å². The molecule has 6 rings (SSSR count). The molecule has 5 aromatic rings. The van der Waals surface area contributed by atoms with Crippen LogP contribution in [-0.2, 0) is 23.9 Å². The van der Waals surface area contributed by atoms with Gasteiger partial charge >= 0.3 is 98.9 Å². The molecule has 0 radical (unpaired) electrons. The molecule has 0 nitrogen and oxygen atoms in total. The predicted octanol–water partition coefficient (Wildman–Crippen LogP) is 1.87. The summed E-state index contributed by atoms with van der Waals surface area (Å²) in [6.45, 7) is 0. The summed E-state index contributed by atoms with van der Waals surface area (Å²) in [6, 6.07) is 38.8. The number of allylic oxidation sites excluding steroid dienone is 4.